The molecule has 0 saturated carbocycles. The molecule has 0 spiro atoms. The molecule has 0 heterocycles. The Morgan fingerprint density at radius 1 is 1.23 bits per heavy atom. The van der Waals surface area contributed by atoms with E-state index in [1.807, 2.05) is 31.2 Å². The van der Waals surface area contributed by atoms with E-state index in [0.29, 0.717) is 29.5 Å². The highest BCUT2D eigenvalue weighted by molar-refractivity contribution is 6.30. The number of carbonyl (C=O) groups excluding carboxylic acids is 1. The van der Waals surface area contributed by atoms with E-state index in [-0.39, 0.29) is 5.91 Å². The topological polar surface area (TPSA) is 47.6 Å². The van der Waals surface area contributed by atoms with Crippen LogP contribution in [-0.2, 0) is 6.54 Å². The van der Waals surface area contributed by atoms with Gasteiger partial charge in [0, 0.05) is 11.6 Å². The van der Waals surface area contributed by atoms with E-state index in [1.165, 1.54) is 7.11 Å². The van der Waals surface area contributed by atoms with Crippen LogP contribution in [0, 0.1) is 0 Å². The third-order valence-corrected chi connectivity index (χ3v) is 3.31. The predicted octanol–water partition coefficient (Wildman–Crippen LogP) is 3.68. The van der Waals surface area contributed by atoms with Crippen LogP contribution in [0.4, 0.5) is 0 Å². The first kappa shape index (κ1) is 16.2. The fourth-order valence-electron chi connectivity index (χ4n) is 2.04. The second-order valence-corrected chi connectivity index (χ2v) is 5.04. The molecule has 0 fully saturated rings. The van der Waals surface area contributed by atoms with Gasteiger partial charge in [-0.2, -0.15) is 0 Å². The standard InChI is InChI=1S/C17H18ClNO3/c1-3-22-14-6-4-5-12(9-14)11-19-17(20)15-8-7-13(18)10-16(15)21-2/h4-10H,3,11H2,1-2H3,(H,19,20). The third kappa shape index (κ3) is 4.15. The van der Waals surface area contributed by atoms with Crippen molar-refractivity contribution in [1.29, 1.82) is 0 Å². The Morgan fingerprint density at radius 2 is 2.05 bits per heavy atom. The lowest BCUT2D eigenvalue weighted by Gasteiger charge is -2.10. The van der Waals surface area contributed by atoms with E-state index in [1.54, 1.807) is 18.2 Å². The number of amides is 1. The van der Waals surface area contributed by atoms with Crippen molar-refractivity contribution in [3.8, 4) is 11.5 Å². The SMILES string of the molecule is CCOc1cccc(CNC(=O)c2ccc(Cl)cc2OC)c1. The minimum Gasteiger partial charge on any atom is -0.496 e. The molecular weight excluding hydrogens is 302 g/mol. The van der Waals surface area contributed by atoms with Gasteiger partial charge in [-0.25, -0.2) is 0 Å². The van der Waals surface area contributed by atoms with Crippen molar-refractivity contribution in [2.45, 2.75) is 13.5 Å². The maximum atomic E-state index is 12.3. The lowest BCUT2D eigenvalue weighted by molar-refractivity contribution is 0.0948. The lowest BCUT2D eigenvalue weighted by atomic mass is 10.1. The maximum Gasteiger partial charge on any atom is 0.255 e. The van der Waals surface area contributed by atoms with Crippen molar-refractivity contribution < 1.29 is 14.3 Å². The van der Waals surface area contributed by atoms with Gasteiger partial charge in [0.2, 0.25) is 0 Å². The Bertz CT molecular complexity index is 658. The van der Waals surface area contributed by atoms with Gasteiger partial charge in [-0.1, -0.05) is 23.7 Å². The highest BCUT2D eigenvalue weighted by Gasteiger charge is 2.12. The summed E-state index contributed by atoms with van der Waals surface area (Å²) in [5.74, 6) is 1.03. The van der Waals surface area contributed by atoms with E-state index in [2.05, 4.69) is 5.32 Å². The molecule has 0 bridgehead atoms. The molecule has 2 aromatic carbocycles. The molecule has 0 unspecified atom stereocenters. The van der Waals surface area contributed by atoms with E-state index in [4.69, 9.17) is 21.1 Å². The summed E-state index contributed by atoms with van der Waals surface area (Å²) in [5.41, 5.74) is 1.42. The van der Waals surface area contributed by atoms with Gasteiger partial charge in [-0.15, -0.1) is 0 Å². The molecule has 0 atom stereocenters. The molecule has 4 nitrogen and oxygen atoms in total. The van der Waals surface area contributed by atoms with Crippen molar-refractivity contribution in [2.75, 3.05) is 13.7 Å². The molecule has 1 amide bonds. The first-order chi connectivity index (χ1) is 10.6. The Balaban J connectivity index is 2.05. The zero-order valence-electron chi connectivity index (χ0n) is 12.6. The van der Waals surface area contributed by atoms with Crippen molar-refractivity contribution in [2.24, 2.45) is 0 Å². The van der Waals surface area contributed by atoms with Crippen molar-refractivity contribution in [3.05, 3.63) is 58.6 Å². The first-order valence-corrected chi connectivity index (χ1v) is 7.35. The van der Waals surface area contributed by atoms with E-state index in [9.17, 15) is 4.79 Å². The summed E-state index contributed by atoms with van der Waals surface area (Å²) in [6.07, 6.45) is 0. The number of nitrogens with one attached hydrogen (secondary N) is 1. The summed E-state index contributed by atoms with van der Waals surface area (Å²) < 4.78 is 10.6. The number of carbonyl (C=O) groups is 1. The normalized spacial score (nSPS) is 10.1. The molecule has 116 valence electrons. The first-order valence-electron chi connectivity index (χ1n) is 6.97. The predicted molar refractivity (Wildman–Crippen MR) is 86.8 cm³/mol. The van der Waals surface area contributed by atoms with Crippen LogP contribution in [0.1, 0.15) is 22.8 Å². The van der Waals surface area contributed by atoms with Gasteiger partial charge in [0.1, 0.15) is 11.5 Å². The van der Waals surface area contributed by atoms with Crippen LogP contribution in [0.2, 0.25) is 5.02 Å². The van der Waals surface area contributed by atoms with E-state index >= 15 is 0 Å². The number of methoxy groups -OCH3 is 1. The van der Waals surface area contributed by atoms with E-state index in [0.717, 1.165) is 11.3 Å². The molecule has 2 aromatic rings. The van der Waals surface area contributed by atoms with Gasteiger partial charge in [0.05, 0.1) is 19.3 Å². The van der Waals surface area contributed by atoms with Crippen LogP contribution in [0.3, 0.4) is 0 Å². The minimum atomic E-state index is -0.213. The quantitative estimate of drug-likeness (QED) is 0.883. The number of hydrogen-bond acceptors (Lipinski definition) is 3. The Labute approximate surface area is 135 Å². The molecule has 0 aromatic heterocycles. The summed E-state index contributed by atoms with van der Waals surface area (Å²) in [6, 6.07) is 12.5. The second kappa shape index (κ2) is 7.71. The number of hydrogen-bond donors (Lipinski definition) is 1. The van der Waals surface area contributed by atoms with Crippen LogP contribution in [0.5, 0.6) is 11.5 Å². The highest BCUT2D eigenvalue weighted by atomic mass is 35.5. The van der Waals surface area contributed by atoms with Crippen LogP contribution in [-0.4, -0.2) is 19.6 Å². The van der Waals surface area contributed by atoms with Crippen LogP contribution in [0.15, 0.2) is 42.5 Å². The third-order valence-electron chi connectivity index (χ3n) is 3.07. The molecule has 0 radical (unpaired) electrons. The summed E-state index contributed by atoms with van der Waals surface area (Å²) >= 11 is 5.89. The van der Waals surface area contributed by atoms with Crippen LogP contribution < -0.4 is 14.8 Å². The Kier molecular flexibility index (Phi) is 5.67. The van der Waals surface area contributed by atoms with Gasteiger partial charge < -0.3 is 14.8 Å². The second-order valence-electron chi connectivity index (χ2n) is 4.61. The fraction of sp³-hybridized carbons (Fsp3) is 0.235. The van der Waals surface area contributed by atoms with E-state index < -0.39 is 0 Å². The Hall–Kier alpha value is -2.20. The smallest absolute Gasteiger partial charge is 0.255 e. The van der Waals surface area contributed by atoms with Gasteiger partial charge in [-0.3, -0.25) is 4.79 Å². The van der Waals surface area contributed by atoms with Gasteiger partial charge in [0.25, 0.3) is 5.91 Å². The molecule has 5 heteroatoms. The lowest BCUT2D eigenvalue weighted by Crippen LogP contribution is -2.23. The van der Waals surface area contributed by atoms with Crippen molar-refractivity contribution in [3.63, 3.8) is 0 Å². The zero-order chi connectivity index (χ0) is 15.9. The minimum absolute atomic E-state index is 0.213. The monoisotopic (exact) mass is 319 g/mol. The fourth-order valence-corrected chi connectivity index (χ4v) is 2.20. The maximum absolute atomic E-state index is 12.3. The van der Waals surface area contributed by atoms with Crippen molar-refractivity contribution in [1.82, 2.24) is 5.32 Å². The number of benzene rings is 2. The summed E-state index contributed by atoms with van der Waals surface area (Å²) in [6.45, 7) is 2.95. The molecule has 0 aliphatic heterocycles. The molecule has 22 heavy (non-hydrogen) atoms. The van der Waals surface area contributed by atoms with Crippen LogP contribution >= 0.6 is 11.6 Å². The Morgan fingerprint density at radius 3 is 2.77 bits per heavy atom. The molecule has 1 N–H and O–H groups in total. The van der Waals surface area contributed by atoms with Gasteiger partial charge in [-0.05, 0) is 42.8 Å². The number of halogens is 1. The number of rotatable bonds is 6. The molecule has 0 aliphatic carbocycles. The summed E-state index contributed by atoms with van der Waals surface area (Å²) in [7, 11) is 1.51. The highest BCUT2D eigenvalue weighted by Crippen LogP contribution is 2.23. The molecule has 0 saturated heterocycles. The van der Waals surface area contributed by atoms with Crippen LogP contribution in [0.25, 0.3) is 0 Å². The van der Waals surface area contributed by atoms with Crippen molar-refractivity contribution >= 4 is 17.5 Å². The molecule has 2 rings (SSSR count). The number of ether oxygens (including phenoxy) is 2. The summed E-state index contributed by atoms with van der Waals surface area (Å²) in [5, 5.41) is 3.39. The molecular formula is C17H18ClNO3. The average Bonchev–Trinajstić information content (AvgIpc) is 2.53. The average molecular weight is 320 g/mol. The largest absolute Gasteiger partial charge is 0.496 e. The molecule has 0 aliphatic rings. The zero-order valence-corrected chi connectivity index (χ0v) is 13.3. The summed E-state index contributed by atoms with van der Waals surface area (Å²) in [4.78, 5) is 12.3. The van der Waals surface area contributed by atoms with Gasteiger partial charge >= 0.3 is 0 Å². The van der Waals surface area contributed by atoms with Gasteiger partial charge in [0.15, 0.2) is 0 Å².